The monoisotopic (exact) mass is 321 g/mol. The van der Waals surface area contributed by atoms with Crippen LogP contribution in [0.1, 0.15) is 47.1 Å². The van der Waals surface area contributed by atoms with Gasteiger partial charge in [0.1, 0.15) is 5.75 Å². The Bertz CT molecular complexity index is 545. The van der Waals surface area contributed by atoms with Gasteiger partial charge in [-0.25, -0.2) is 0 Å². The van der Waals surface area contributed by atoms with Crippen molar-refractivity contribution in [3.63, 3.8) is 0 Å². The van der Waals surface area contributed by atoms with Gasteiger partial charge in [0.2, 0.25) is 0 Å². The number of carboxylic acids is 1. The van der Waals surface area contributed by atoms with Crippen molar-refractivity contribution in [1.82, 2.24) is 5.32 Å². The van der Waals surface area contributed by atoms with Gasteiger partial charge in [-0.1, -0.05) is 32.9 Å². The highest BCUT2D eigenvalue weighted by molar-refractivity contribution is 5.82. The number of carboxylic acid groups (broad SMARTS) is 1. The van der Waals surface area contributed by atoms with Crippen molar-refractivity contribution >= 4 is 11.9 Å². The average Bonchev–Trinajstić information content (AvgIpc) is 2.45. The molecular weight excluding hydrogens is 294 g/mol. The number of hydrogen-bond donors (Lipinski definition) is 2. The maximum atomic E-state index is 12.1. The van der Waals surface area contributed by atoms with E-state index in [0.29, 0.717) is 5.75 Å². The molecule has 0 aliphatic rings. The molecule has 1 aromatic rings. The van der Waals surface area contributed by atoms with E-state index in [1.165, 1.54) is 5.56 Å². The molecule has 1 amide bonds. The molecule has 0 aliphatic heterocycles. The van der Waals surface area contributed by atoms with Gasteiger partial charge in [-0.05, 0) is 43.9 Å². The molecule has 5 heteroatoms. The van der Waals surface area contributed by atoms with Crippen LogP contribution in [0.2, 0.25) is 0 Å². The lowest BCUT2D eigenvalue weighted by molar-refractivity contribution is -0.142. The second kappa shape index (κ2) is 7.49. The van der Waals surface area contributed by atoms with Crippen molar-refractivity contribution in [1.29, 1.82) is 0 Å². The summed E-state index contributed by atoms with van der Waals surface area (Å²) in [5.74, 6) is -1.31. The molecule has 0 bridgehead atoms. The van der Waals surface area contributed by atoms with Crippen molar-refractivity contribution in [3.8, 4) is 5.75 Å². The zero-order valence-corrected chi connectivity index (χ0v) is 14.7. The summed E-state index contributed by atoms with van der Waals surface area (Å²) in [7, 11) is 0. The van der Waals surface area contributed by atoms with E-state index < -0.39 is 24.0 Å². The Kier molecular flexibility index (Phi) is 6.19. The molecule has 1 rings (SSSR count). The number of rotatable bonds is 6. The van der Waals surface area contributed by atoms with Gasteiger partial charge in [-0.15, -0.1) is 0 Å². The van der Waals surface area contributed by atoms with Crippen LogP contribution in [0.3, 0.4) is 0 Å². The fraction of sp³-hybridized carbons (Fsp3) is 0.556. The lowest BCUT2D eigenvalue weighted by Crippen LogP contribution is -2.45. The van der Waals surface area contributed by atoms with E-state index in [0.717, 1.165) is 0 Å². The normalized spacial score (nSPS) is 15.4. The average molecular weight is 321 g/mol. The third-order valence-corrected chi connectivity index (χ3v) is 3.91. The van der Waals surface area contributed by atoms with Gasteiger partial charge in [0.25, 0.3) is 5.91 Å². The Balaban J connectivity index is 2.63. The molecule has 0 aliphatic carbocycles. The maximum Gasteiger partial charge on any atom is 0.308 e. The van der Waals surface area contributed by atoms with Crippen LogP contribution >= 0.6 is 0 Å². The molecule has 23 heavy (non-hydrogen) atoms. The molecule has 0 saturated carbocycles. The first-order valence-corrected chi connectivity index (χ1v) is 7.82. The molecule has 0 radical (unpaired) electrons. The summed E-state index contributed by atoms with van der Waals surface area (Å²) >= 11 is 0. The van der Waals surface area contributed by atoms with Crippen LogP contribution < -0.4 is 10.1 Å². The Morgan fingerprint density at radius 2 is 1.61 bits per heavy atom. The van der Waals surface area contributed by atoms with Gasteiger partial charge in [-0.2, -0.15) is 0 Å². The van der Waals surface area contributed by atoms with Gasteiger partial charge >= 0.3 is 5.97 Å². The Morgan fingerprint density at radius 3 is 2.04 bits per heavy atom. The minimum Gasteiger partial charge on any atom is -0.481 e. The highest BCUT2D eigenvalue weighted by Crippen LogP contribution is 2.24. The van der Waals surface area contributed by atoms with E-state index in [-0.39, 0.29) is 11.3 Å². The number of hydrogen-bond acceptors (Lipinski definition) is 3. The Morgan fingerprint density at radius 1 is 1.09 bits per heavy atom. The molecule has 1 aromatic carbocycles. The van der Waals surface area contributed by atoms with Crippen molar-refractivity contribution in [2.75, 3.05) is 0 Å². The summed E-state index contributed by atoms with van der Waals surface area (Å²) in [6.45, 7) is 11.3. The summed E-state index contributed by atoms with van der Waals surface area (Å²) in [5.41, 5.74) is 1.25. The zero-order valence-electron chi connectivity index (χ0n) is 14.7. The lowest BCUT2D eigenvalue weighted by atomic mass is 9.87. The molecule has 2 N–H and O–H groups in total. The first-order chi connectivity index (χ1) is 10.5. The van der Waals surface area contributed by atoms with Gasteiger partial charge < -0.3 is 15.2 Å². The lowest BCUT2D eigenvalue weighted by Gasteiger charge is -2.22. The molecule has 3 atom stereocenters. The van der Waals surface area contributed by atoms with Crippen LogP contribution in [0.15, 0.2) is 24.3 Å². The summed E-state index contributed by atoms with van der Waals surface area (Å²) in [5, 5.41) is 11.6. The maximum absolute atomic E-state index is 12.1. The predicted molar refractivity (Wildman–Crippen MR) is 89.6 cm³/mol. The number of benzene rings is 1. The molecule has 0 heterocycles. The zero-order chi connectivity index (χ0) is 17.8. The van der Waals surface area contributed by atoms with Gasteiger partial charge in [0.05, 0.1) is 5.92 Å². The summed E-state index contributed by atoms with van der Waals surface area (Å²) in [6, 6.07) is 7.18. The Hall–Kier alpha value is -2.04. The van der Waals surface area contributed by atoms with Gasteiger partial charge in [-0.3, -0.25) is 9.59 Å². The first kappa shape index (κ1) is 19.0. The van der Waals surface area contributed by atoms with Crippen LogP contribution in [-0.2, 0) is 15.0 Å². The molecule has 3 unspecified atom stereocenters. The summed E-state index contributed by atoms with van der Waals surface area (Å²) in [4.78, 5) is 23.0. The molecule has 0 saturated heterocycles. The molecular formula is C18H27NO4. The highest BCUT2D eigenvalue weighted by atomic mass is 16.5. The van der Waals surface area contributed by atoms with E-state index in [1.807, 2.05) is 24.3 Å². The van der Waals surface area contributed by atoms with E-state index in [2.05, 4.69) is 26.1 Å². The van der Waals surface area contributed by atoms with Crippen LogP contribution in [0.4, 0.5) is 0 Å². The second-order valence-corrected chi connectivity index (χ2v) is 6.96. The molecule has 0 fully saturated rings. The highest BCUT2D eigenvalue weighted by Gasteiger charge is 2.24. The van der Waals surface area contributed by atoms with Crippen LogP contribution in [-0.4, -0.2) is 29.1 Å². The third kappa shape index (κ3) is 5.58. The standard InChI is InChI=1S/C18H27NO4/c1-11(17(21)22)12(2)19-16(20)13(3)23-15-9-7-14(8-10-15)18(4,5)6/h7-13H,1-6H3,(H,19,20)(H,21,22). The molecule has 128 valence electrons. The van der Waals surface area contributed by atoms with Crippen LogP contribution in [0.25, 0.3) is 0 Å². The number of amides is 1. The first-order valence-electron chi connectivity index (χ1n) is 7.82. The number of carbonyl (C=O) groups excluding carboxylic acids is 1. The number of aliphatic carboxylic acids is 1. The second-order valence-electron chi connectivity index (χ2n) is 6.96. The fourth-order valence-electron chi connectivity index (χ4n) is 1.97. The summed E-state index contributed by atoms with van der Waals surface area (Å²) in [6.07, 6.45) is -0.695. The largest absolute Gasteiger partial charge is 0.481 e. The van der Waals surface area contributed by atoms with Gasteiger partial charge in [0.15, 0.2) is 6.10 Å². The quantitative estimate of drug-likeness (QED) is 0.844. The van der Waals surface area contributed by atoms with E-state index in [9.17, 15) is 9.59 Å². The molecule has 0 spiro atoms. The molecule has 5 nitrogen and oxygen atoms in total. The summed E-state index contributed by atoms with van der Waals surface area (Å²) < 4.78 is 5.63. The van der Waals surface area contributed by atoms with E-state index in [1.54, 1.807) is 20.8 Å². The van der Waals surface area contributed by atoms with Crippen molar-refractivity contribution in [2.45, 2.75) is 59.1 Å². The van der Waals surface area contributed by atoms with Crippen LogP contribution in [0.5, 0.6) is 5.75 Å². The van der Waals surface area contributed by atoms with Crippen molar-refractivity contribution < 1.29 is 19.4 Å². The SMILES string of the molecule is CC(Oc1ccc(C(C)(C)C)cc1)C(=O)NC(C)C(C)C(=O)O. The van der Waals surface area contributed by atoms with E-state index >= 15 is 0 Å². The Labute approximate surface area is 138 Å². The number of ether oxygens (including phenoxy) is 1. The van der Waals surface area contributed by atoms with Crippen LogP contribution in [0, 0.1) is 5.92 Å². The van der Waals surface area contributed by atoms with E-state index in [4.69, 9.17) is 9.84 Å². The smallest absolute Gasteiger partial charge is 0.308 e. The van der Waals surface area contributed by atoms with Crippen molar-refractivity contribution in [2.24, 2.45) is 5.92 Å². The number of carbonyl (C=O) groups is 2. The fourth-order valence-corrected chi connectivity index (χ4v) is 1.97. The minimum absolute atomic E-state index is 0.0594. The number of nitrogens with one attached hydrogen (secondary N) is 1. The van der Waals surface area contributed by atoms with Gasteiger partial charge in [0, 0.05) is 6.04 Å². The minimum atomic E-state index is -0.941. The topological polar surface area (TPSA) is 75.6 Å². The van der Waals surface area contributed by atoms with Crippen molar-refractivity contribution in [3.05, 3.63) is 29.8 Å². The molecule has 0 aromatic heterocycles. The third-order valence-electron chi connectivity index (χ3n) is 3.91. The predicted octanol–water partition coefficient (Wildman–Crippen LogP) is 2.98.